The maximum atomic E-state index is 13.0. The van der Waals surface area contributed by atoms with Gasteiger partial charge in [-0.15, -0.1) is 11.8 Å². The van der Waals surface area contributed by atoms with Crippen LogP contribution in [0.2, 0.25) is 5.02 Å². The fourth-order valence-corrected chi connectivity index (χ4v) is 3.75. The lowest BCUT2D eigenvalue weighted by Crippen LogP contribution is -2.52. The summed E-state index contributed by atoms with van der Waals surface area (Å²) in [5, 5.41) is 3.61. The molecule has 0 bridgehead atoms. The molecule has 156 valence electrons. The fourth-order valence-electron chi connectivity index (χ4n) is 2.76. The van der Waals surface area contributed by atoms with E-state index in [4.69, 9.17) is 11.6 Å². The summed E-state index contributed by atoms with van der Waals surface area (Å²) < 4.78 is 0. The van der Waals surface area contributed by atoms with Gasteiger partial charge >= 0.3 is 0 Å². The molecule has 0 aliphatic rings. The van der Waals surface area contributed by atoms with Crippen LogP contribution >= 0.6 is 23.4 Å². The maximum absolute atomic E-state index is 13.0. The average Bonchev–Trinajstić information content (AvgIpc) is 2.66. The number of thioether (sulfide) groups is 1. The zero-order valence-electron chi connectivity index (χ0n) is 17.4. The van der Waals surface area contributed by atoms with Crippen molar-refractivity contribution in [3.8, 4) is 0 Å². The minimum absolute atomic E-state index is 0.0417. The summed E-state index contributed by atoms with van der Waals surface area (Å²) in [5.41, 5.74) is 0.581. The van der Waals surface area contributed by atoms with Gasteiger partial charge in [-0.05, 0) is 57.5 Å². The number of hydrogen-bond acceptors (Lipinski definition) is 3. The molecule has 0 aliphatic carbocycles. The molecule has 2 aromatic carbocycles. The van der Waals surface area contributed by atoms with Crippen LogP contribution in [0, 0.1) is 0 Å². The first kappa shape index (κ1) is 23.3. The van der Waals surface area contributed by atoms with Gasteiger partial charge in [0.05, 0.1) is 0 Å². The van der Waals surface area contributed by atoms with Gasteiger partial charge in [-0.1, -0.05) is 41.9 Å². The number of nitrogens with one attached hydrogen (secondary N) is 1. The lowest BCUT2D eigenvalue weighted by atomic mass is 10.1. The number of benzene rings is 2. The second-order valence-electron chi connectivity index (χ2n) is 7.97. The summed E-state index contributed by atoms with van der Waals surface area (Å²) in [4.78, 5) is 28.5. The predicted molar refractivity (Wildman–Crippen MR) is 121 cm³/mol. The second-order valence-corrected chi connectivity index (χ2v) is 9.58. The molecular weight excluding hydrogens is 404 g/mol. The van der Waals surface area contributed by atoms with Crippen molar-refractivity contribution in [3.63, 3.8) is 0 Å². The Hall–Kier alpha value is -1.98. The van der Waals surface area contributed by atoms with Crippen molar-refractivity contribution in [2.75, 3.05) is 5.75 Å². The zero-order chi connectivity index (χ0) is 21.4. The first-order valence-electron chi connectivity index (χ1n) is 9.69. The maximum Gasteiger partial charge on any atom is 0.242 e. The van der Waals surface area contributed by atoms with Crippen LogP contribution in [0.4, 0.5) is 0 Å². The van der Waals surface area contributed by atoms with E-state index in [1.54, 1.807) is 35.7 Å². The Kier molecular flexibility index (Phi) is 8.60. The largest absolute Gasteiger partial charge is 0.350 e. The number of nitrogens with zero attached hydrogens (tertiary/aromatic N) is 1. The molecule has 1 N–H and O–H groups in total. The number of carbonyl (C=O) groups excluding carboxylic acids is 2. The topological polar surface area (TPSA) is 49.4 Å². The molecule has 1 atom stereocenters. The van der Waals surface area contributed by atoms with Gasteiger partial charge in [0.15, 0.2) is 0 Å². The summed E-state index contributed by atoms with van der Waals surface area (Å²) in [5.74, 6) is 0.462. The Morgan fingerprint density at radius 3 is 2.28 bits per heavy atom. The minimum atomic E-state index is -0.570. The van der Waals surface area contributed by atoms with E-state index in [1.807, 2.05) is 63.2 Å². The summed E-state index contributed by atoms with van der Waals surface area (Å²) in [7, 11) is 0. The van der Waals surface area contributed by atoms with E-state index in [2.05, 4.69) is 5.32 Å². The van der Waals surface area contributed by atoms with E-state index in [1.165, 1.54) is 0 Å². The summed E-state index contributed by atoms with van der Waals surface area (Å²) in [6.45, 7) is 7.93. The summed E-state index contributed by atoms with van der Waals surface area (Å²) in [6, 6.07) is 16.8. The van der Waals surface area contributed by atoms with E-state index in [0.29, 0.717) is 23.7 Å². The molecule has 2 aromatic rings. The molecule has 0 fully saturated rings. The van der Waals surface area contributed by atoms with E-state index in [9.17, 15) is 9.59 Å². The van der Waals surface area contributed by atoms with Crippen molar-refractivity contribution in [1.82, 2.24) is 10.2 Å². The van der Waals surface area contributed by atoms with E-state index in [-0.39, 0.29) is 17.4 Å². The third-order valence-corrected chi connectivity index (χ3v) is 5.53. The van der Waals surface area contributed by atoms with Crippen LogP contribution in [0.5, 0.6) is 0 Å². The average molecular weight is 433 g/mol. The summed E-state index contributed by atoms with van der Waals surface area (Å²) in [6.07, 6.45) is 0.361. The number of hydrogen-bond donors (Lipinski definition) is 1. The Labute approximate surface area is 183 Å². The van der Waals surface area contributed by atoms with Crippen LogP contribution in [-0.4, -0.2) is 34.0 Å². The number of halogens is 1. The molecular formula is C23H29ClN2O2S. The standard InChI is InChI=1S/C23H29ClN2O2S/c1-17(22(28)25-23(2,3)4)26(16-18-10-12-19(24)13-11-18)21(27)14-15-29-20-8-6-5-7-9-20/h5-13,17H,14-16H2,1-4H3,(H,25,28)/t17-/m0/s1. The van der Waals surface area contributed by atoms with Gasteiger partial charge < -0.3 is 10.2 Å². The minimum Gasteiger partial charge on any atom is -0.350 e. The molecule has 4 nitrogen and oxygen atoms in total. The number of carbonyl (C=O) groups is 2. The monoisotopic (exact) mass is 432 g/mol. The van der Waals surface area contributed by atoms with Crippen LogP contribution in [-0.2, 0) is 16.1 Å². The van der Waals surface area contributed by atoms with Gasteiger partial charge in [0.1, 0.15) is 6.04 Å². The summed E-state index contributed by atoms with van der Waals surface area (Å²) >= 11 is 7.61. The lowest BCUT2D eigenvalue weighted by molar-refractivity contribution is -0.140. The highest BCUT2D eigenvalue weighted by Crippen LogP contribution is 2.20. The van der Waals surface area contributed by atoms with Crippen LogP contribution in [0.1, 0.15) is 39.7 Å². The normalized spacial score (nSPS) is 12.3. The van der Waals surface area contributed by atoms with Gasteiger partial charge in [-0.3, -0.25) is 9.59 Å². The van der Waals surface area contributed by atoms with Crippen LogP contribution in [0.25, 0.3) is 0 Å². The fraction of sp³-hybridized carbons (Fsp3) is 0.391. The smallest absolute Gasteiger partial charge is 0.242 e. The highest BCUT2D eigenvalue weighted by molar-refractivity contribution is 7.99. The zero-order valence-corrected chi connectivity index (χ0v) is 19.0. The van der Waals surface area contributed by atoms with Crippen LogP contribution < -0.4 is 5.32 Å². The highest BCUT2D eigenvalue weighted by atomic mass is 35.5. The second kappa shape index (κ2) is 10.7. The van der Waals surface area contributed by atoms with E-state index >= 15 is 0 Å². The van der Waals surface area contributed by atoms with Gasteiger partial charge in [-0.2, -0.15) is 0 Å². The molecule has 0 radical (unpaired) electrons. The lowest BCUT2D eigenvalue weighted by Gasteiger charge is -2.31. The molecule has 0 saturated heterocycles. The first-order chi connectivity index (χ1) is 13.7. The Balaban J connectivity index is 2.08. The molecule has 0 aliphatic heterocycles. The van der Waals surface area contributed by atoms with Crippen LogP contribution in [0.15, 0.2) is 59.5 Å². The molecule has 0 spiro atoms. The Bertz CT molecular complexity index is 804. The van der Waals surface area contributed by atoms with Gasteiger partial charge in [-0.25, -0.2) is 0 Å². The van der Waals surface area contributed by atoms with E-state index < -0.39 is 6.04 Å². The number of rotatable bonds is 8. The Morgan fingerprint density at radius 1 is 1.07 bits per heavy atom. The van der Waals surface area contributed by atoms with Crippen LogP contribution in [0.3, 0.4) is 0 Å². The third-order valence-electron chi connectivity index (χ3n) is 4.26. The van der Waals surface area contributed by atoms with Gasteiger partial charge in [0.2, 0.25) is 11.8 Å². The van der Waals surface area contributed by atoms with Crippen molar-refractivity contribution < 1.29 is 9.59 Å². The van der Waals surface area contributed by atoms with E-state index in [0.717, 1.165) is 10.5 Å². The van der Waals surface area contributed by atoms with Crippen molar-refractivity contribution in [3.05, 3.63) is 65.2 Å². The van der Waals surface area contributed by atoms with Gasteiger partial charge in [0.25, 0.3) is 0 Å². The quantitative estimate of drug-likeness (QED) is 0.586. The Morgan fingerprint density at radius 2 is 1.69 bits per heavy atom. The molecule has 0 heterocycles. The highest BCUT2D eigenvalue weighted by Gasteiger charge is 2.28. The molecule has 2 amide bonds. The van der Waals surface area contributed by atoms with Crippen molar-refractivity contribution >= 4 is 35.2 Å². The third kappa shape index (κ3) is 8.11. The SMILES string of the molecule is C[C@@H](C(=O)NC(C)(C)C)N(Cc1ccc(Cl)cc1)C(=O)CCSc1ccccc1. The van der Waals surface area contributed by atoms with Crippen molar-refractivity contribution in [2.24, 2.45) is 0 Å². The molecule has 0 saturated carbocycles. The van der Waals surface area contributed by atoms with Crippen molar-refractivity contribution in [2.45, 2.75) is 57.1 Å². The predicted octanol–water partition coefficient (Wildman–Crippen LogP) is 5.15. The molecule has 2 rings (SSSR count). The molecule has 0 unspecified atom stereocenters. The molecule has 29 heavy (non-hydrogen) atoms. The first-order valence-corrected chi connectivity index (χ1v) is 11.1. The van der Waals surface area contributed by atoms with Gasteiger partial charge in [0, 0.05) is 34.2 Å². The van der Waals surface area contributed by atoms with Crippen molar-refractivity contribution in [1.29, 1.82) is 0 Å². The number of amides is 2. The molecule has 0 aromatic heterocycles. The molecule has 6 heteroatoms.